The fourth-order valence-electron chi connectivity index (χ4n) is 2.60. The lowest BCUT2D eigenvalue weighted by molar-refractivity contribution is 0.443. The van der Waals surface area contributed by atoms with E-state index in [2.05, 4.69) is 20.0 Å². The van der Waals surface area contributed by atoms with E-state index in [9.17, 15) is 8.78 Å². The third kappa shape index (κ3) is 4.12. The number of hydrogen-bond donors (Lipinski definition) is 2. The second kappa shape index (κ2) is 8.16. The average Bonchev–Trinajstić information content (AvgIpc) is 2.75. The van der Waals surface area contributed by atoms with Crippen molar-refractivity contribution in [1.29, 1.82) is 5.26 Å². The molecule has 4 rings (SSSR count). The van der Waals surface area contributed by atoms with Gasteiger partial charge in [0.2, 0.25) is 5.96 Å². The number of pyridine rings is 1. The van der Waals surface area contributed by atoms with Crippen LogP contribution in [0.3, 0.4) is 0 Å². The van der Waals surface area contributed by atoms with Crippen molar-refractivity contribution in [3.05, 3.63) is 77.6 Å². The number of nitriles is 1. The second-order valence-electron chi connectivity index (χ2n) is 5.92. The Morgan fingerprint density at radius 2 is 2.03 bits per heavy atom. The molecule has 2 N–H and O–H groups in total. The summed E-state index contributed by atoms with van der Waals surface area (Å²) in [5.74, 6) is -0.405. The molecule has 0 aliphatic carbocycles. The first-order valence-electron chi connectivity index (χ1n) is 8.48. The van der Waals surface area contributed by atoms with Gasteiger partial charge >= 0.3 is 0 Å². The highest BCUT2D eigenvalue weighted by atomic mass is 32.2. The lowest BCUT2D eigenvalue weighted by atomic mass is 10.2. The van der Waals surface area contributed by atoms with E-state index in [1.807, 2.05) is 6.07 Å². The normalized spacial score (nSPS) is 13.8. The number of ether oxygens (including phenoxy) is 1. The highest BCUT2D eigenvalue weighted by Gasteiger charge is 2.22. The predicted octanol–water partition coefficient (Wildman–Crippen LogP) is 4.60. The van der Waals surface area contributed by atoms with Gasteiger partial charge in [0, 0.05) is 6.20 Å². The van der Waals surface area contributed by atoms with Crippen LogP contribution in [-0.2, 0) is 6.54 Å². The Morgan fingerprint density at radius 1 is 1.14 bits per heavy atom. The van der Waals surface area contributed by atoms with Crippen molar-refractivity contribution in [2.24, 2.45) is 4.99 Å². The summed E-state index contributed by atoms with van der Waals surface area (Å²) < 4.78 is 37.0. The molecule has 1 aromatic heterocycles. The number of halogens is 2. The fraction of sp³-hybridized carbons (Fsp3) is 0.0500. The molecule has 2 aromatic carbocycles. The maximum atomic E-state index is 14.5. The third-order valence-electron chi connectivity index (χ3n) is 3.98. The Balaban J connectivity index is 1.61. The summed E-state index contributed by atoms with van der Waals surface area (Å²) in [6.07, 6.45) is 1.49. The van der Waals surface area contributed by atoms with Gasteiger partial charge in [-0.3, -0.25) is 9.71 Å². The topological polar surface area (TPSA) is 82.3 Å². The van der Waals surface area contributed by atoms with Gasteiger partial charge < -0.3 is 10.1 Å². The zero-order valence-corrected chi connectivity index (χ0v) is 15.6. The Bertz CT molecular complexity index is 1150. The summed E-state index contributed by atoms with van der Waals surface area (Å²) in [5.41, 5.74) is 0.983. The minimum Gasteiger partial charge on any atom is -0.452 e. The molecule has 0 saturated heterocycles. The summed E-state index contributed by atoms with van der Waals surface area (Å²) in [6.45, 7) is 0.00756. The largest absolute Gasteiger partial charge is 0.452 e. The first-order chi connectivity index (χ1) is 14.1. The molecule has 1 aliphatic rings. The average molecular weight is 409 g/mol. The highest BCUT2D eigenvalue weighted by molar-refractivity contribution is 7.98. The lowest BCUT2D eigenvalue weighted by Gasteiger charge is -2.23. The predicted molar refractivity (Wildman–Crippen MR) is 106 cm³/mol. The number of aromatic nitrogens is 1. The summed E-state index contributed by atoms with van der Waals surface area (Å²) in [4.78, 5) is 8.92. The molecule has 0 fully saturated rings. The molecule has 0 radical (unpaired) electrons. The van der Waals surface area contributed by atoms with Crippen molar-refractivity contribution in [2.45, 2.75) is 11.4 Å². The Morgan fingerprint density at radius 3 is 2.86 bits per heavy atom. The highest BCUT2D eigenvalue weighted by Crippen LogP contribution is 2.41. The Kier molecular flexibility index (Phi) is 5.27. The van der Waals surface area contributed by atoms with Crippen molar-refractivity contribution in [1.82, 2.24) is 9.71 Å². The number of anilines is 1. The van der Waals surface area contributed by atoms with E-state index in [-0.39, 0.29) is 18.0 Å². The van der Waals surface area contributed by atoms with Crippen LogP contribution in [0.15, 0.2) is 64.6 Å². The molecule has 0 saturated carbocycles. The second-order valence-corrected chi connectivity index (χ2v) is 6.77. The molecule has 29 heavy (non-hydrogen) atoms. The SMILES string of the molecule is N#Cc1cccc(Oc2c(F)ccc3c2NC(=NCc2ncccc2F)NS3)c1. The molecule has 1 aliphatic heterocycles. The first-order valence-corrected chi connectivity index (χ1v) is 9.30. The van der Waals surface area contributed by atoms with Crippen LogP contribution < -0.4 is 14.8 Å². The van der Waals surface area contributed by atoms with E-state index in [0.29, 0.717) is 27.9 Å². The number of rotatable bonds is 4. The van der Waals surface area contributed by atoms with Crippen molar-refractivity contribution in [3.8, 4) is 17.6 Å². The van der Waals surface area contributed by atoms with Gasteiger partial charge in [-0.25, -0.2) is 13.8 Å². The van der Waals surface area contributed by atoms with Gasteiger partial charge in [0.25, 0.3) is 0 Å². The molecule has 0 spiro atoms. The van der Waals surface area contributed by atoms with Gasteiger partial charge in [-0.05, 0) is 54.4 Å². The van der Waals surface area contributed by atoms with E-state index in [1.165, 1.54) is 42.4 Å². The summed E-state index contributed by atoms with van der Waals surface area (Å²) in [5, 5.41) is 12.0. The quantitative estimate of drug-likeness (QED) is 0.613. The zero-order chi connectivity index (χ0) is 20.2. The van der Waals surface area contributed by atoms with Crippen molar-refractivity contribution in [3.63, 3.8) is 0 Å². The molecule has 0 atom stereocenters. The molecular formula is C20H13F2N5OS. The first kappa shape index (κ1) is 18.7. The van der Waals surface area contributed by atoms with Crippen molar-refractivity contribution in [2.75, 3.05) is 5.32 Å². The number of fused-ring (bicyclic) bond motifs is 1. The third-order valence-corrected chi connectivity index (χ3v) is 4.83. The Labute approximate surface area is 169 Å². The number of aliphatic imine (C=N–C) groups is 1. The molecule has 0 amide bonds. The molecule has 6 nitrogen and oxygen atoms in total. The minimum atomic E-state index is -0.573. The van der Waals surface area contributed by atoms with Gasteiger partial charge in [0.15, 0.2) is 11.6 Å². The smallest absolute Gasteiger partial charge is 0.206 e. The van der Waals surface area contributed by atoms with Gasteiger partial charge in [-0.1, -0.05) is 6.07 Å². The molecule has 0 unspecified atom stereocenters. The van der Waals surface area contributed by atoms with Crippen LogP contribution in [-0.4, -0.2) is 10.9 Å². The van der Waals surface area contributed by atoms with Crippen LogP contribution >= 0.6 is 11.9 Å². The van der Waals surface area contributed by atoms with Gasteiger partial charge in [-0.2, -0.15) is 5.26 Å². The van der Waals surface area contributed by atoms with E-state index >= 15 is 0 Å². The van der Waals surface area contributed by atoms with Gasteiger partial charge in [0.1, 0.15) is 17.3 Å². The number of hydrogen-bond acceptors (Lipinski definition) is 5. The Hall–Kier alpha value is -3.64. The molecule has 0 bridgehead atoms. The summed E-state index contributed by atoms with van der Waals surface area (Å²) in [7, 11) is 0. The van der Waals surface area contributed by atoms with Crippen LogP contribution in [0.25, 0.3) is 0 Å². The number of nitrogens with zero attached hydrogens (tertiary/aromatic N) is 3. The number of benzene rings is 2. The lowest BCUT2D eigenvalue weighted by Crippen LogP contribution is -2.30. The minimum absolute atomic E-state index is 0.00756. The fourth-order valence-corrected chi connectivity index (χ4v) is 3.30. The monoisotopic (exact) mass is 409 g/mol. The number of guanidine groups is 1. The van der Waals surface area contributed by atoms with Crippen molar-refractivity contribution >= 4 is 23.6 Å². The summed E-state index contributed by atoms with van der Waals surface area (Å²) >= 11 is 1.22. The standard InChI is InChI=1S/C20H13F2N5OS/c21-14-5-2-8-24-16(14)11-25-20-26-18-17(29-27-20)7-6-15(22)19(18)28-13-4-1-3-12(9-13)10-23/h1-9H,11H2,(H2,25,26,27). The van der Waals surface area contributed by atoms with Gasteiger partial charge in [-0.15, -0.1) is 0 Å². The maximum absolute atomic E-state index is 14.5. The van der Waals surface area contributed by atoms with Crippen LogP contribution in [0.1, 0.15) is 11.3 Å². The van der Waals surface area contributed by atoms with Crippen LogP contribution in [0.5, 0.6) is 11.5 Å². The number of nitrogens with one attached hydrogen (secondary N) is 2. The molecule has 9 heteroatoms. The molecule has 144 valence electrons. The summed E-state index contributed by atoms with van der Waals surface area (Å²) in [6, 6.07) is 14.2. The van der Waals surface area contributed by atoms with Crippen molar-refractivity contribution < 1.29 is 13.5 Å². The molecular weight excluding hydrogens is 396 g/mol. The zero-order valence-electron chi connectivity index (χ0n) is 14.8. The van der Waals surface area contributed by atoms with Gasteiger partial charge in [0.05, 0.1) is 28.8 Å². The van der Waals surface area contributed by atoms with Crippen LogP contribution in [0, 0.1) is 23.0 Å². The van der Waals surface area contributed by atoms with E-state index < -0.39 is 11.6 Å². The van der Waals surface area contributed by atoms with Crippen LogP contribution in [0.4, 0.5) is 14.5 Å². The molecule has 2 heterocycles. The maximum Gasteiger partial charge on any atom is 0.206 e. The van der Waals surface area contributed by atoms with Crippen LogP contribution in [0.2, 0.25) is 0 Å². The van der Waals surface area contributed by atoms with E-state index in [4.69, 9.17) is 10.00 Å². The van der Waals surface area contributed by atoms with E-state index in [1.54, 1.807) is 24.3 Å². The molecule has 3 aromatic rings. The van der Waals surface area contributed by atoms with E-state index in [0.717, 1.165) is 0 Å².